The van der Waals surface area contributed by atoms with Crippen molar-refractivity contribution in [3.8, 4) is 0 Å². The summed E-state index contributed by atoms with van der Waals surface area (Å²) in [6.45, 7) is 16.2. The van der Waals surface area contributed by atoms with E-state index in [0.717, 1.165) is 52.4 Å². The molecule has 0 aliphatic carbocycles. The molecule has 1 heterocycles. The summed E-state index contributed by atoms with van der Waals surface area (Å²) in [6.07, 6.45) is 2.70. The van der Waals surface area contributed by atoms with Crippen LogP contribution in [0.25, 0.3) is 0 Å². The molecule has 0 unspecified atom stereocenters. The average Bonchev–Trinajstić information content (AvgIpc) is 2.26. The van der Waals surface area contributed by atoms with Crippen molar-refractivity contribution in [3.05, 3.63) is 0 Å². The molecule has 0 spiro atoms. The maximum absolute atomic E-state index is 5.82. The van der Waals surface area contributed by atoms with Crippen LogP contribution in [0.15, 0.2) is 0 Å². The molecule has 0 aromatic heterocycles. The lowest BCUT2D eigenvalue weighted by Gasteiger charge is -2.47. The predicted molar refractivity (Wildman–Crippen MR) is 82.2 cm³/mol. The molecule has 0 amide bonds. The first-order valence-electron chi connectivity index (χ1n) is 7.95. The van der Waals surface area contributed by atoms with Crippen LogP contribution in [0, 0.1) is 0 Å². The summed E-state index contributed by atoms with van der Waals surface area (Å²) in [7, 11) is 0. The van der Waals surface area contributed by atoms with Gasteiger partial charge in [-0.2, -0.15) is 0 Å². The molecular weight excluding hydrogens is 254 g/mol. The van der Waals surface area contributed by atoms with Crippen molar-refractivity contribution >= 4 is 0 Å². The van der Waals surface area contributed by atoms with Crippen LogP contribution in [-0.4, -0.2) is 62.2 Å². The van der Waals surface area contributed by atoms with Crippen LogP contribution in [0.1, 0.15) is 47.5 Å². The molecule has 0 atom stereocenters. The number of hydrogen-bond donors (Lipinski definition) is 0. The normalized spacial score (nSPS) is 17.7. The zero-order valence-electron chi connectivity index (χ0n) is 14.0. The number of nitrogens with zero attached hydrogens (tertiary/aromatic N) is 1. The van der Waals surface area contributed by atoms with Crippen molar-refractivity contribution in [3.63, 3.8) is 0 Å². The van der Waals surface area contributed by atoms with E-state index in [0.29, 0.717) is 12.2 Å². The molecule has 20 heavy (non-hydrogen) atoms. The summed E-state index contributed by atoms with van der Waals surface area (Å²) >= 11 is 0. The quantitative estimate of drug-likeness (QED) is 0.578. The summed E-state index contributed by atoms with van der Waals surface area (Å²) in [5, 5.41) is 0. The summed E-state index contributed by atoms with van der Waals surface area (Å²) < 4.78 is 16.8. The first-order valence-corrected chi connectivity index (χ1v) is 7.95. The highest BCUT2D eigenvalue weighted by molar-refractivity contribution is 4.89. The number of rotatable bonds is 10. The van der Waals surface area contributed by atoms with Crippen LogP contribution in [0.2, 0.25) is 0 Å². The van der Waals surface area contributed by atoms with Gasteiger partial charge in [0.2, 0.25) is 0 Å². The first kappa shape index (κ1) is 17.9. The van der Waals surface area contributed by atoms with Crippen LogP contribution < -0.4 is 0 Å². The van der Waals surface area contributed by atoms with Gasteiger partial charge in [-0.05, 0) is 47.5 Å². The molecule has 0 bridgehead atoms. The van der Waals surface area contributed by atoms with Crippen molar-refractivity contribution in [1.29, 1.82) is 0 Å². The topological polar surface area (TPSA) is 30.9 Å². The molecule has 0 N–H and O–H groups in total. The Hall–Kier alpha value is -0.160. The molecule has 1 aliphatic heterocycles. The van der Waals surface area contributed by atoms with Gasteiger partial charge in [0, 0.05) is 45.1 Å². The average molecular weight is 287 g/mol. The van der Waals surface area contributed by atoms with Gasteiger partial charge in [0.1, 0.15) is 0 Å². The molecule has 1 aliphatic rings. The third-order valence-electron chi connectivity index (χ3n) is 3.47. The van der Waals surface area contributed by atoms with Crippen LogP contribution in [0.4, 0.5) is 0 Å². The summed E-state index contributed by atoms with van der Waals surface area (Å²) in [6, 6.07) is 0. The van der Waals surface area contributed by atoms with Crippen LogP contribution in [-0.2, 0) is 14.2 Å². The van der Waals surface area contributed by atoms with E-state index in [1.165, 1.54) is 0 Å². The van der Waals surface area contributed by atoms with E-state index in [4.69, 9.17) is 14.2 Å². The van der Waals surface area contributed by atoms with E-state index in [1.807, 2.05) is 0 Å². The van der Waals surface area contributed by atoms with Gasteiger partial charge in [-0.3, -0.25) is 4.90 Å². The fraction of sp³-hybridized carbons (Fsp3) is 1.00. The van der Waals surface area contributed by atoms with E-state index in [9.17, 15) is 0 Å². The van der Waals surface area contributed by atoms with Gasteiger partial charge < -0.3 is 14.2 Å². The van der Waals surface area contributed by atoms with Gasteiger partial charge in [0.05, 0.1) is 12.2 Å². The maximum Gasteiger partial charge on any atom is 0.0829 e. The Labute approximate surface area is 124 Å². The molecule has 0 radical (unpaired) electrons. The first-order chi connectivity index (χ1) is 9.39. The van der Waals surface area contributed by atoms with Crippen molar-refractivity contribution in [1.82, 2.24) is 4.90 Å². The summed E-state index contributed by atoms with van der Waals surface area (Å²) in [5.74, 6) is 0. The fourth-order valence-electron chi connectivity index (χ4n) is 2.08. The minimum Gasteiger partial charge on any atom is -0.381 e. The lowest BCUT2D eigenvalue weighted by atomic mass is 9.99. The lowest BCUT2D eigenvalue weighted by Crippen LogP contribution is -2.59. The smallest absolute Gasteiger partial charge is 0.0829 e. The molecule has 1 saturated heterocycles. The van der Waals surface area contributed by atoms with Gasteiger partial charge in [-0.1, -0.05) is 0 Å². The minimum atomic E-state index is 0.279. The Morgan fingerprint density at radius 2 is 1.60 bits per heavy atom. The van der Waals surface area contributed by atoms with E-state index in [-0.39, 0.29) is 5.54 Å². The minimum absolute atomic E-state index is 0.279. The standard InChI is InChI=1S/C16H33NO3/c1-14(2)19-10-6-8-18-9-7-11-20-15-12-17(13-15)16(3,4)5/h14-15H,6-13H2,1-5H3. The van der Waals surface area contributed by atoms with Crippen LogP contribution >= 0.6 is 0 Å². The van der Waals surface area contributed by atoms with E-state index >= 15 is 0 Å². The Balaban J connectivity index is 1.80. The molecule has 0 aromatic rings. The third kappa shape index (κ3) is 7.58. The molecule has 4 nitrogen and oxygen atoms in total. The highest BCUT2D eigenvalue weighted by Crippen LogP contribution is 2.22. The molecule has 120 valence electrons. The van der Waals surface area contributed by atoms with E-state index < -0.39 is 0 Å². The molecule has 0 aromatic carbocycles. The fourth-order valence-corrected chi connectivity index (χ4v) is 2.08. The Kier molecular flexibility index (Phi) is 8.03. The highest BCUT2D eigenvalue weighted by Gasteiger charge is 2.34. The molecule has 1 fully saturated rings. The summed E-state index contributed by atoms with van der Waals surface area (Å²) in [4.78, 5) is 2.45. The van der Waals surface area contributed by atoms with Gasteiger partial charge >= 0.3 is 0 Å². The highest BCUT2D eigenvalue weighted by atomic mass is 16.5. The van der Waals surface area contributed by atoms with Crippen molar-refractivity contribution in [2.24, 2.45) is 0 Å². The zero-order valence-corrected chi connectivity index (χ0v) is 14.0. The van der Waals surface area contributed by atoms with Crippen molar-refractivity contribution in [2.45, 2.75) is 65.2 Å². The van der Waals surface area contributed by atoms with Gasteiger partial charge in [-0.25, -0.2) is 0 Å². The van der Waals surface area contributed by atoms with Crippen LogP contribution in [0.5, 0.6) is 0 Å². The van der Waals surface area contributed by atoms with Crippen molar-refractivity contribution < 1.29 is 14.2 Å². The number of ether oxygens (including phenoxy) is 3. The van der Waals surface area contributed by atoms with Crippen molar-refractivity contribution in [2.75, 3.05) is 39.5 Å². The maximum atomic E-state index is 5.82. The molecule has 0 saturated carbocycles. The van der Waals surface area contributed by atoms with E-state index in [1.54, 1.807) is 0 Å². The monoisotopic (exact) mass is 287 g/mol. The Morgan fingerprint density at radius 3 is 2.15 bits per heavy atom. The summed E-state index contributed by atoms with van der Waals surface area (Å²) in [5.41, 5.74) is 0.279. The van der Waals surface area contributed by atoms with Gasteiger partial charge in [-0.15, -0.1) is 0 Å². The number of hydrogen-bond acceptors (Lipinski definition) is 4. The second kappa shape index (κ2) is 8.98. The zero-order chi connectivity index (χ0) is 15.0. The van der Waals surface area contributed by atoms with Gasteiger partial charge in [0.25, 0.3) is 0 Å². The van der Waals surface area contributed by atoms with Crippen LogP contribution in [0.3, 0.4) is 0 Å². The van der Waals surface area contributed by atoms with Gasteiger partial charge in [0.15, 0.2) is 0 Å². The molecular formula is C16H33NO3. The second-order valence-electron chi connectivity index (χ2n) is 6.81. The lowest BCUT2D eigenvalue weighted by molar-refractivity contribution is -0.0916. The SMILES string of the molecule is CC(C)OCCCOCCCOC1CN(C(C)(C)C)C1. The molecule has 1 rings (SSSR count). The van der Waals surface area contributed by atoms with E-state index in [2.05, 4.69) is 39.5 Å². The largest absolute Gasteiger partial charge is 0.381 e. The Bertz CT molecular complexity index is 245. The molecule has 4 heteroatoms. The Morgan fingerprint density at radius 1 is 1.00 bits per heavy atom. The third-order valence-corrected chi connectivity index (χ3v) is 3.47. The predicted octanol–water partition coefficient (Wildman–Crippen LogP) is 2.71. The second-order valence-corrected chi connectivity index (χ2v) is 6.81. The number of likely N-dealkylation sites (tertiary alicyclic amines) is 1.